The second-order valence-electron chi connectivity index (χ2n) is 2.75. The molecule has 0 aromatic heterocycles. The zero-order valence-corrected chi connectivity index (χ0v) is 6.15. The number of thioether (sulfide) groups is 1. The maximum Gasteiger partial charge on any atom is 0.206 e. The van der Waals surface area contributed by atoms with E-state index in [1.54, 1.807) is 0 Å². The van der Waals surface area contributed by atoms with Crippen LogP contribution in [-0.2, 0) is 4.79 Å². The molecule has 0 N–H and O–H groups in total. The number of hydrogen-bond donors (Lipinski definition) is 0. The van der Waals surface area contributed by atoms with Gasteiger partial charge < -0.3 is 0 Å². The van der Waals surface area contributed by atoms with Crippen LogP contribution in [0.1, 0.15) is 6.42 Å². The Labute approximate surface area is 58.6 Å². The molecular formula is C6H9NOS. The van der Waals surface area contributed by atoms with Crippen LogP contribution in [0, 0.1) is 0 Å². The smallest absolute Gasteiger partial charge is 0.206 e. The monoisotopic (exact) mass is 143 g/mol. The van der Waals surface area contributed by atoms with Crippen LogP contribution in [0.15, 0.2) is 0 Å². The van der Waals surface area contributed by atoms with Gasteiger partial charge in [-0.15, -0.1) is 0 Å². The van der Waals surface area contributed by atoms with Crippen LogP contribution in [0.2, 0.25) is 0 Å². The first-order chi connectivity index (χ1) is 4.27. The molecule has 0 aromatic carbocycles. The lowest BCUT2D eigenvalue weighted by Gasteiger charge is -2.19. The van der Waals surface area contributed by atoms with Gasteiger partial charge in [-0.3, -0.25) is 9.69 Å². The van der Waals surface area contributed by atoms with Gasteiger partial charge in [0.25, 0.3) is 0 Å². The summed E-state index contributed by atoms with van der Waals surface area (Å²) in [7, 11) is 2.03. The van der Waals surface area contributed by atoms with Crippen LogP contribution in [0.4, 0.5) is 0 Å². The summed E-state index contributed by atoms with van der Waals surface area (Å²) in [5, 5.41) is 1.00. The molecule has 0 aliphatic carbocycles. The van der Waals surface area contributed by atoms with Gasteiger partial charge in [0.2, 0.25) is 5.12 Å². The molecule has 0 amide bonds. The van der Waals surface area contributed by atoms with Gasteiger partial charge in [0.15, 0.2) is 0 Å². The minimum absolute atomic E-state index is 0.264. The first-order valence-electron chi connectivity index (χ1n) is 3.18. The molecule has 9 heavy (non-hydrogen) atoms. The van der Waals surface area contributed by atoms with E-state index in [0.29, 0.717) is 10.4 Å². The van der Waals surface area contributed by atoms with E-state index in [1.165, 1.54) is 11.8 Å². The lowest BCUT2D eigenvalue weighted by atomic mass is 10.2. The normalized spacial score (nSPS) is 42.6. The van der Waals surface area contributed by atoms with E-state index in [2.05, 4.69) is 4.90 Å². The van der Waals surface area contributed by atoms with Gasteiger partial charge in [0.05, 0.1) is 6.04 Å². The minimum atomic E-state index is 0.264. The lowest BCUT2D eigenvalue weighted by Crippen LogP contribution is -2.33. The summed E-state index contributed by atoms with van der Waals surface area (Å²) in [6, 6.07) is 0.264. The van der Waals surface area contributed by atoms with E-state index in [0.717, 1.165) is 13.0 Å². The van der Waals surface area contributed by atoms with Crippen molar-refractivity contribution in [3.8, 4) is 0 Å². The molecule has 2 aliphatic rings. The quantitative estimate of drug-likeness (QED) is 0.487. The Morgan fingerprint density at radius 2 is 2.56 bits per heavy atom. The lowest BCUT2D eigenvalue weighted by molar-refractivity contribution is -0.114. The zero-order valence-electron chi connectivity index (χ0n) is 5.33. The molecule has 2 nitrogen and oxygen atoms in total. The summed E-state index contributed by atoms with van der Waals surface area (Å²) >= 11 is 1.54. The van der Waals surface area contributed by atoms with Crippen molar-refractivity contribution in [3.63, 3.8) is 0 Å². The highest BCUT2D eigenvalue weighted by Crippen LogP contribution is 2.37. The number of carbonyl (C=O) groups excluding carboxylic acids is 1. The molecule has 0 aromatic rings. The predicted octanol–water partition coefficient (Wildman–Crippen LogP) is 0.332. The van der Waals surface area contributed by atoms with Crippen molar-refractivity contribution < 1.29 is 4.79 Å². The fraction of sp³-hybridized carbons (Fsp3) is 0.833. The van der Waals surface area contributed by atoms with Gasteiger partial charge in [0, 0.05) is 11.8 Å². The topological polar surface area (TPSA) is 20.3 Å². The van der Waals surface area contributed by atoms with E-state index >= 15 is 0 Å². The fourth-order valence-electron chi connectivity index (χ4n) is 1.56. The van der Waals surface area contributed by atoms with Gasteiger partial charge in [-0.05, 0) is 13.5 Å². The Kier molecular flexibility index (Phi) is 1.11. The highest BCUT2D eigenvalue weighted by atomic mass is 32.2. The largest absolute Gasteiger partial charge is 0.295 e. The molecule has 0 spiro atoms. The second-order valence-corrected chi connectivity index (χ2v) is 4.05. The maximum absolute atomic E-state index is 11.0. The van der Waals surface area contributed by atoms with Crippen LogP contribution < -0.4 is 0 Å². The van der Waals surface area contributed by atoms with Crippen molar-refractivity contribution >= 4 is 16.9 Å². The SMILES string of the molecule is CN1C[C@@H]2C[C@H]1C(=O)S2. The summed E-state index contributed by atoms with van der Waals surface area (Å²) in [5.74, 6) is 0. The highest BCUT2D eigenvalue weighted by Gasteiger charge is 2.42. The highest BCUT2D eigenvalue weighted by molar-refractivity contribution is 8.14. The van der Waals surface area contributed by atoms with Gasteiger partial charge in [-0.2, -0.15) is 0 Å². The second kappa shape index (κ2) is 1.73. The Morgan fingerprint density at radius 1 is 1.78 bits per heavy atom. The van der Waals surface area contributed by atoms with Crippen molar-refractivity contribution in [2.24, 2.45) is 0 Å². The minimum Gasteiger partial charge on any atom is -0.295 e. The number of likely N-dealkylation sites (N-methyl/N-ethyl adjacent to an activating group) is 1. The van der Waals surface area contributed by atoms with E-state index in [9.17, 15) is 4.79 Å². The predicted molar refractivity (Wildman–Crippen MR) is 37.4 cm³/mol. The Balaban J connectivity index is 2.21. The molecule has 50 valence electrons. The molecule has 2 heterocycles. The Hall–Kier alpha value is -0.0200. The number of likely N-dealkylation sites (tertiary alicyclic amines) is 1. The Morgan fingerprint density at radius 3 is 2.89 bits per heavy atom. The summed E-state index contributed by atoms with van der Waals surface area (Å²) in [6.07, 6.45) is 1.10. The number of nitrogens with zero attached hydrogens (tertiary/aromatic N) is 1. The molecule has 3 heteroatoms. The third-order valence-corrected chi connectivity index (χ3v) is 3.24. The average Bonchev–Trinajstić information content (AvgIpc) is 2.22. The fourth-order valence-corrected chi connectivity index (χ4v) is 2.91. The summed E-state index contributed by atoms with van der Waals surface area (Å²) in [6.45, 7) is 1.11. The molecule has 2 atom stereocenters. The molecule has 2 rings (SSSR count). The average molecular weight is 143 g/mol. The van der Waals surface area contributed by atoms with Crippen molar-refractivity contribution in [2.45, 2.75) is 17.7 Å². The van der Waals surface area contributed by atoms with Crippen molar-refractivity contribution in [1.29, 1.82) is 0 Å². The molecule has 2 saturated heterocycles. The zero-order chi connectivity index (χ0) is 6.43. The molecule has 2 fully saturated rings. The molecule has 2 aliphatic heterocycles. The van der Waals surface area contributed by atoms with Crippen molar-refractivity contribution in [1.82, 2.24) is 4.90 Å². The molecule has 2 bridgehead atoms. The first-order valence-corrected chi connectivity index (χ1v) is 4.06. The van der Waals surface area contributed by atoms with Gasteiger partial charge >= 0.3 is 0 Å². The number of fused-ring (bicyclic) bond motifs is 2. The molecule has 0 unspecified atom stereocenters. The standard InChI is InChI=1S/C6H9NOS/c1-7-3-4-2-5(7)6(8)9-4/h4-5H,2-3H2,1H3/t4-,5-/m0/s1. The van der Waals surface area contributed by atoms with Gasteiger partial charge in [0.1, 0.15) is 0 Å². The van der Waals surface area contributed by atoms with Crippen LogP contribution in [0.3, 0.4) is 0 Å². The third kappa shape index (κ3) is 0.715. The van der Waals surface area contributed by atoms with Crippen LogP contribution in [0.25, 0.3) is 0 Å². The first kappa shape index (κ1) is 5.74. The van der Waals surface area contributed by atoms with Crippen LogP contribution >= 0.6 is 11.8 Å². The number of rotatable bonds is 0. The van der Waals surface area contributed by atoms with Crippen LogP contribution in [0.5, 0.6) is 0 Å². The van der Waals surface area contributed by atoms with Crippen molar-refractivity contribution in [3.05, 3.63) is 0 Å². The van der Waals surface area contributed by atoms with Crippen LogP contribution in [-0.4, -0.2) is 34.9 Å². The molecule has 0 radical (unpaired) electrons. The van der Waals surface area contributed by atoms with Crippen molar-refractivity contribution in [2.75, 3.05) is 13.6 Å². The number of hydrogen-bond acceptors (Lipinski definition) is 3. The summed E-state index contributed by atoms with van der Waals surface area (Å²) < 4.78 is 0. The summed E-state index contributed by atoms with van der Waals surface area (Å²) in [4.78, 5) is 13.1. The Bertz CT molecular complexity index is 159. The number of carbonyl (C=O) groups is 1. The van der Waals surface area contributed by atoms with E-state index in [4.69, 9.17) is 0 Å². The molecule has 0 saturated carbocycles. The summed E-state index contributed by atoms with van der Waals surface area (Å²) in [5.41, 5.74) is 0. The third-order valence-electron chi connectivity index (χ3n) is 2.06. The molecular weight excluding hydrogens is 134 g/mol. The van der Waals surface area contributed by atoms with E-state index in [-0.39, 0.29) is 6.04 Å². The van der Waals surface area contributed by atoms with E-state index in [1.807, 2.05) is 7.05 Å². The van der Waals surface area contributed by atoms with Gasteiger partial charge in [-0.1, -0.05) is 11.8 Å². The van der Waals surface area contributed by atoms with Gasteiger partial charge in [-0.25, -0.2) is 0 Å². The maximum atomic E-state index is 11.0. The van der Waals surface area contributed by atoms with E-state index < -0.39 is 0 Å².